The van der Waals surface area contributed by atoms with Crippen molar-refractivity contribution in [2.45, 2.75) is 0 Å². The molecular weight excluding hydrogens is 845 g/mol. The van der Waals surface area contributed by atoms with E-state index in [0.29, 0.717) is 78.7 Å². The van der Waals surface area contributed by atoms with E-state index in [1.54, 1.807) is 71.1 Å². The molecule has 0 saturated carbocycles. The van der Waals surface area contributed by atoms with Crippen LogP contribution in [-0.2, 0) is 0 Å². The molecule has 0 unspecified atom stereocenters. The van der Waals surface area contributed by atoms with Gasteiger partial charge in [-0.3, -0.25) is 0 Å². The predicted molar refractivity (Wildman–Crippen MR) is 245 cm³/mol. The standard InChI is InChI=1S/C46H46Cl2O10P2/c1-49-27-11-17-33(53-5)39(23-27)59(40-24-28(50-2)12-18-34(40)54-6)37-21-15-31(47)45(57-9)43(37)44-38(22-16-32(48)46(44)58-10)60(41-25-29(51-3)13-19-35(41)55-7)42-26-30(52-4)14-20-36(42)56-8/h11-26H,1-10H3. The Balaban J connectivity index is 1.87. The van der Waals surface area contributed by atoms with Crippen molar-refractivity contribution in [2.24, 2.45) is 0 Å². The molecule has 6 aromatic rings. The van der Waals surface area contributed by atoms with Gasteiger partial charge in [0.05, 0.1) is 81.1 Å². The smallest absolute Gasteiger partial charge is 0.146 e. The van der Waals surface area contributed by atoms with Gasteiger partial charge in [0.2, 0.25) is 0 Å². The Kier molecular flexibility index (Phi) is 14.7. The topological polar surface area (TPSA) is 92.3 Å². The highest BCUT2D eigenvalue weighted by atomic mass is 35.5. The van der Waals surface area contributed by atoms with E-state index in [0.717, 1.165) is 31.8 Å². The zero-order valence-electron chi connectivity index (χ0n) is 35.0. The summed E-state index contributed by atoms with van der Waals surface area (Å²) in [5.74, 6) is 5.76. The van der Waals surface area contributed by atoms with Gasteiger partial charge in [0.25, 0.3) is 0 Å². The van der Waals surface area contributed by atoms with Gasteiger partial charge in [0, 0.05) is 32.3 Å². The molecule has 314 valence electrons. The largest absolute Gasteiger partial charge is 0.497 e. The minimum Gasteiger partial charge on any atom is -0.497 e. The molecule has 0 aliphatic carbocycles. The van der Waals surface area contributed by atoms with E-state index in [4.69, 9.17) is 70.6 Å². The van der Waals surface area contributed by atoms with E-state index in [9.17, 15) is 0 Å². The van der Waals surface area contributed by atoms with E-state index < -0.39 is 15.8 Å². The first-order valence-corrected chi connectivity index (χ1v) is 21.8. The van der Waals surface area contributed by atoms with Gasteiger partial charge in [-0.15, -0.1) is 0 Å². The summed E-state index contributed by atoms with van der Waals surface area (Å²) in [6.45, 7) is 0. The highest BCUT2D eigenvalue weighted by Crippen LogP contribution is 2.53. The van der Waals surface area contributed by atoms with Crippen molar-refractivity contribution < 1.29 is 47.4 Å². The molecule has 0 aliphatic rings. The van der Waals surface area contributed by atoms with Gasteiger partial charge in [0.15, 0.2) is 0 Å². The minimum atomic E-state index is -1.65. The fourth-order valence-corrected chi connectivity index (χ4v) is 12.9. The molecule has 0 aromatic heterocycles. The van der Waals surface area contributed by atoms with Crippen molar-refractivity contribution >= 4 is 70.9 Å². The van der Waals surface area contributed by atoms with E-state index in [-0.39, 0.29) is 0 Å². The number of hydrogen-bond acceptors (Lipinski definition) is 10. The fourth-order valence-electron chi connectivity index (χ4n) is 7.01. The van der Waals surface area contributed by atoms with Crippen LogP contribution >= 0.6 is 39.0 Å². The summed E-state index contributed by atoms with van der Waals surface area (Å²) in [5, 5.41) is 5.59. The van der Waals surface area contributed by atoms with Crippen LogP contribution in [0.25, 0.3) is 11.1 Å². The van der Waals surface area contributed by atoms with Crippen molar-refractivity contribution in [3.05, 3.63) is 107 Å². The lowest BCUT2D eigenvalue weighted by molar-refractivity contribution is 0.405. The van der Waals surface area contributed by atoms with Gasteiger partial charge in [-0.2, -0.15) is 0 Å². The van der Waals surface area contributed by atoms with Crippen LogP contribution in [0.15, 0.2) is 97.1 Å². The van der Waals surface area contributed by atoms with Crippen molar-refractivity contribution in [1.82, 2.24) is 0 Å². The molecule has 0 atom stereocenters. The zero-order valence-corrected chi connectivity index (χ0v) is 38.3. The zero-order chi connectivity index (χ0) is 43.1. The molecular formula is C46H46Cl2O10P2. The Morgan fingerprint density at radius 3 is 0.783 bits per heavy atom. The molecule has 6 aromatic carbocycles. The third-order valence-electron chi connectivity index (χ3n) is 9.82. The minimum absolute atomic E-state index is 0.358. The first kappa shape index (κ1) is 44.3. The van der Waals surface area contributed by atoms with Crippen LogP contribution in [0.2, 0.25) is 10.0 Å². The maximum absolute atomic E-state index is 7.19. The van der Waals surface area contributed by atoms with Gasteiger partial charge < -0.3 is 47.4 Å². The van der Waals surface area contributed by atoms with Crippen LogP contribution in [-0.4, -0.2) is 71.1 Å². The van der Waals surface area contributed by atoms with Crippen molar-refractivity contribution in [1.29, 1.82) is 0 Å². The first-order chi connectivity index (χ1) is 29.1. The maximum atomic E-state index is 7.19. The molecule has 0 heterocycles. The second kappa shape index (κ2) is 19.9. The first-order valence-electron chi connectivity index (χ1n) is 18.4. The predicted octanol–water partition coefficient (Wildman–Crippen LogP) is 8.26. The van der Waals surface area contributed by atoms with E-state index in [2.05, 4.69) is 0 Å². The molecule has 0 amide bonds. The van der Waals surface area contributed by atoms with Crippen LogP contribution < -0.4 is 79.2 Å². The van der Waals surface area contributed by atoms with Crippen LogP contribution in [0, 0.1) is 0 Å². The molecule has 0 bridgehead atoms. The fraction of sp³-hybridized carbons (Fsp3) is 0.217. The Labute approximate surface area is 363 Å². The molecule has 0 spiro atoms. The number of hydrogen-bond donors (Lipinski definition) is 0. The van der Waals surface area contributed by atoms with Crippen LogP contribution in [0.1, 0.15) is 0 Å². The molecule has 60 heavy (non-hydrogen) atoms. The summed E-state index contributed by atoms with van der Waals surface area (Å²) in [6.07, 6.45) is 0. The second-order valence-electron chi connectivity index (χ2n) is 12.8. The molecule has 0 aliphatic heterocycles. The molecule has 0 saturated heterocycles. The number of methoxy groups -OCH3 is 10. The molecule has 10 nitrogen and oxygen atoms in total. The number of rotatable bonds is 17. The molecule has 0 N–H and O–H groups in total. The summed E-state index contributed by atoms with van der Waals surface area (Å²) < 4.78 is 60.3. The number of halogens is 2. The van der Waals surface area contributed by atoms with E-state index in [1.807, 2.05) is 97.1 Å². The van der Waals surface area contributed by atoms with Crippen LogP contribution in [0.5, 0.6) is 57.5 Å². The highest BCUT2D eigenvalue weighted by Gasteiger charge is 2.36. The highest BCUT2D eigenvalue weighted by molar-refractivity contribution is 7.81. The monoisotopic (exact) mass is 890 g/mol. The Hall–Kier alpha value is -5.24. The summed E-state index contributed by atoms with van der Waals surface area (Å²) in [7, 11) is 12.9. The van der Waals surface area contributed by atoms with Crippen molar-refractivity contribution in [3.8, 4) is 68.6 Å². The second-order valence-corrected chi connectivity index (χ2v) is 17.8. The maximum Gasteiger partial charge on any atom is 0.146 e. The third-order valence-corrected chi connectivity index (χ3v) is 15.5. The molecule has 0 radical (unpaired) electrons. The third kappa shape index (κ3) is 8.53. The lowest BCUT2D eigenvalue weighted by Crippen LogP contribution is -2.28. The lowest BCUT2D eigenvalue weighted by atomic mass is 10.0. The average Bonchev–Trinajstić information content (AvgIpc) is 3.29. The van der Waals surface area contributed by atoms with Gasteiger partial charge in [-0.25, -0.2) is 0 Å². The van der Waals surface area contributed by atoms with Gasteiger partial charge in [-0.1, -0.05) is 35.3 Å². The molecule has 0 fully saturated rings. The molecule has 14 heteroatoms. The van der Waals surface area contributed by atoms with Gasteiger partial charge >= 0.3 is 0 Å². The summed E-state index contributed by atoms with van der Waals surface area (Å²) in [6, 6.07) is 30.5. The number of ether oxygens (including phenoxy) is 10. The lowest BCUT2D eigenvalue weighted by Gasteiger charge is -2.31. The number of benzene rings is 6. The Morgan fingerprint density at radius 1 is 0.300 bits per heavy atom. The Bertz CT molecular complexity index is 2200. The average molecular weight is 892 g/mol. The van der Waals surface area contributed by atoms with E-state index in [1.165, 1.54) is 0 Å². The Morgan fingerprint density at radius 2 is 0.567 bits per heavy atom. The van der Waals surface area contributed by atoms with Gasteiger partial charge in [0.1, 0.15) is 57.5 Å². The van der Waals surface area contributed by atoms with Crippen LogP contribution in [0.4, 0.5) is 0 Å². The quantitative estimate of drug-likeness (QED) is 0.0835. The van der Waals surface area contributed by atoms with Crippen LogP contribution in [0.3, 0.4) is 0 Å². The van der Waals surface area contributed by atoms with E-state index >= 15 is 0 Å². The van der Waals surface area contributed by atoms with Crippen molar-refractivity contribution in [3.63, 3.8) is 0 Å². The van der Waals surface area contributed by atoms with Gasteiger partial charge in [-0.05, 0) is 111 Å². The summed E-state index contributed by atoms with van der Waals surface area (Å²) in [4.78, 5) is 0. The van der Waals surface area contributed by atoms with Crippen molar-refractivity contribution in [2.75, 3.05) is 71.1 Å². The SMILES string of the molecule is COc1ccc(OC)c(P(c2cc(OC)ccc2OC)c2ccc(Cl)c(OC)c2-c2c(P(c3cc(OC)ccc3OC)c3cc(OC)ccc3OC)ccc(Cl)c2OC)c1. The summed E-state index contributed by atoms with van der Waals surface area (Å²) >= 11 is 14.4. The normalized spacial score (nSPS) is 11.0. The molecule has 6 rings (SSSR count). The summed E-state index contributed by atoms with van der Waals surface area (Å²) in [5.41, 5.74) is 1.24.